The Hall–Kier alpha value is -1.82. The standard InChI is InChI=1S/C13H14N2O/c1-9(16)15-12-5-6-13-10(7-12)3-2-4-11(13)8-14/h5-7,11H,2-4H2,1H3,(H,15,16)/t11-/m1/s1. The predicted octanol–water partition coefficient (Wildman–Crippen LogP) is 2.59. The third-order valence-electron chi connectivity index (χ3n) is 2.93. The van der Waals surface area contributed by atoms with Crippen LogP contribution in [-0.2, 0) is 11.2 Å². The summed E-state index contributed by atoms with van der Waals surface area (Å²) in [7, 11) is 0. The molecule has 0 saturated carbocycles. The fourth-order valence-electron chi connectivity index (χ4n) is 2.23. The Balaban J connectivity index is 2.32. The van der Waals surface area contributed by atoms with Crippen LogP contribution in [0.25, 0.3) is 0 Å². The number of amides is 1. The van der Waals surface area contributed by atoms with Crippen LogP contribution in [0.4, 0.5) is 5.69 Å². The van der Waals surface area contributed by atoms with Crippen molar-refractivity contribution in [3.05, 3.63) is 29.3 Å². The molecule has 0 saturated heterocycles. The first-order chi connectivity index (χ1) is 7.70. The smallest absolute Gasteiger partial charge is 0.221 e. The van der Waals surface area contributed by atoms with E-state index in [1.165, 1.54) is 12.5 Å². The van der Waals surface area contributed by atoms with Crippen molar-refractivity contribution in [2.45, 2.75) is 32.1 Å². The molecule has 1 aliphatic rings. The van der Waals surface area contributed by atoms with E-state index in [2.05, 4.69) is 11.4 Å². The molecule has 1 aromatic rings. The summed E-state index contributed by atoms with van der Waals surface area (Å²) < 4.78 is 0. The lowest BCUT2D eigenvalue weighted by Crippen LogP contribution is -2.11. The summed E-state index contributed by atoms with van der Waals surface area (Å²) in [5, 5.41) is 11.8. The van der Waals surface area contributed by atoms with E-state index in [4.69, 9.17) is 5.26 Å². The first-order valence-corrected chi connectivity index (χ1v) is 5.50. The van der Waals surface area contributed by atoms with Crippen LogP contribution < -0.4 is 5.32 Å². The minimum absolute atomic E-state index is 0.0233. The quantitative estimate of drug-likeness (QED) is 0.781. The van der Waals surface area contributed by atoms with E-state index >= 15 is 0 Å². The van der Waals surface area contributed by atoms with E-state index in [9.17, 15) is 4.79 Å². The molecule has 1 N–H and O–H groups in total. The predicted molar refractivity (Wildman–Crippen MR) is 62.0 cm³/mol. The molecule has 82 valence electrons. The molecule has 3 heteroatoms. The number of nitrogens with one attached hydrogen (secondary N) is 1. The molecular weight excluding hydrogens is 200 g/mol. The van der Waals surface area contributed by atoms with E-state index in [1.54, 1.807) is 0 Å². The number of hydrogen-bond acceptors (Lipinski definition) is 2. The molecule has 3 nitrogen and oxygen atoms in total. The molecule has 0 aliphatic heterocycles. The van der Waals surface area contributed by atoms with Crippen molar-refractivity contribution in [2.24, 2.45) is 0 Å². The molecule has 0 spiro atoms. The van der Waals surface area contributed by atoms with Crippen LogP contribution in [0.5, 0.6) is 0 Å². The fraction of sp³-hybridized carbons (Fsp3) is 0.385. The van der Waals surface area contributed by atoms with Crippen LogP contribution in [-0.4, -0.2) is 5.91 Å². The molecule has 16 heavy (non-hydrogen) atoms. The van der Waals surface area contributed by atoms with Gasteiger partial charge in [0.05, 0.1) is 12.0 Å². The maximum Gasteiger partial charge on any atom is 0.221 e. The van der Waals surface area contributed by atoms with Gasteiger partial charge in [-0.3, -0.25) is 4.79 Å². The Morgan fingerprint density at radius 3 is 3.06 bits per heavy atom. The monoisotopic (exact) mass is 214 g/mol. The van der Waals surface area contributed by atoms with Crippen molar-refractivity contribution in [3.8, 4) is 6.07 Å². The Bertz CT molecular complexity index is 459. The van der Waals surface area contributed by atoms with Gasteiger partial charge in [0.15, 0.2) is 0 Å². The third-order valence-corrected chi connectivity index (χ3v) is 2.93. The number of nitrogens with zero attached hydrogens (tertiary/aromatic N) is 1. The molecule has 1 aromatic carbocycles. The van der Waals surface area contributed by atoms with Gasteiger partial charge >= 0.3 is 0 Å². The van der Waals surface area contributed by atoms with Crippen molar-refractivity contribution in [3.63, 3.8) is 0 Å². The van der Waals surface area contributed by atoms with Gasteiger partial charge in [0.25, 0.3) is 0 Å². The molecule has 0 bridgehead atoms. The molecule has 1 amide bonds. The molecule has 0 aromatic heterocycles. The number of benzene rings is 1. The average molecular weight is 214 g/mol. The van der Waals surface area contributed by atoms with Crippen molar-refractivity contribution in [1.82, 2.24) is 0 Å². The average Bonchev–Trinajstić information content (AvgIpc) is 2.27. The van der Waals surface area contributed by atoms with Gasteiger partial charge in [0.2, 0.25) is 5.91 Å². The summed E-state index contributed by atoms with van der Waals surface area (Å²) >= 11 is 0. The van der Waals surface area contributed by atoms with E-state index in [-0.39, 0.29) is 11.8 Å². The van der Waals surface area contributed by atoms with Crippen LogP contribution >= 0.6 is 0 Å². The first-order valence-electron chi connectivity index (χ1n) is 5.50. The number of aryl methyl sites for hydroxylation is 1. The molecule has 1 atom stereocenters. The second kappa shape index (κ2) is 4.36. The number of rotatable bonds is 1. The van der Waals surface area contributed by atoms with Crippen molar-refractivity contribution in [1.29, 1.82) is 5.26 Å². The van der Waals surface area contributed by atoms with Crippen molar-refractivity contribution in [2.75, 3.05) is 5.32 Å². The number of anilines is 1. The van der Waals surface area contributed by atoms with Gasteiger partial charge in [-0.05, 0) is 42.5 Å². The summed E-state index contributed by atoms with van der Waals surface area (Å²) in [6.07, 6.45) is 3.00. The molecule has 2 rings (SSSR count). The third kappa shape index (κ3) is 2.06. The van der Waals surface area contributed by atoms with E-state index in [0.717, 1.165) is 30.5 Å². The Labute approximate surface area is 95.1 Å². The van der Waals surface area contributed by atoms with Crippen LogP contribution in [0.1, 0.15) is 36.8 Å². The Kier molecular flexibility index (Phi) is 2.91. The van der Waals surface area contributed by atoms with Gasteiger partial charge in [-0.15, -0.1) is 0 Å². The summed E-state index contributed by atoms with van der Waals surface area (Å²) in [5.74, 6) is -0.0391. The largest absolute Gasteiger partial charge is 0.326 e. The Morgan fingerprint density at radius 1 is 1.56 bits per heavy atom. The summed E-state index contributed by atoms with van der Waals surface area (Å²) in [6.45, 7) is 1.50. The van der Waals surface area contributed by atoms with Gasteiger partial charge in [-0.25, -0.2) is 0 Å². The maximum absolute atomic E-state index is 10.9. The van der Waals surface area contributed by atoms with E-state index in [1.807, 2.05) is 18.2 Å². The van der Waals surface area contributed by atoms with Gasteiger partial charge in [-0.2, -0.15) is 5.26 Å². The summed E-state index contributed by atoms with van der Waals surface area (Å²) in [4.78, 5) is 10.9. The molecule has 0 radical (unpaired) electrons. The zero-order valence-corrected chi connectivity index (χ0v) is 9.29. The maximum atomic E-state index is 10.9. The molecule has 0 heterocycles. The van der Waals surface area contributed by atoms with Crippen LogP contribution in [0.3, 0.4) is 0 Å². The number of nitriles is 1. The second-order valence-electron chi connectivity index (χ2n) is 4.17. The van der Waals surface area contributed by atoms with Gasteiger partial charge < -0.3 is 5.32 Å². The van der Waals surface area contributed by atoms with Crippen molar-refractivity contribution >= 4 is 11.6 Å². The SMILES string of the molecule is CC(=O)Nc1ccc2c(c1)CCC[C@@H]2C#N. The molecule has 0 fully saturated rings. The number of hydrogen-bond donors (Lipinski definition) is 1. The minimum Gasteiger partial charge on any atom is -0.326 e. The van der Waals surface area contributed by atoms with E-state index < -0.39 is 0 Å². The normalized spacial score (nSPS) is 18.4. The van der Waals surface area contributed by atoms with Gasteiger partial charge in [-0.1, -0.05) is 6.07 Å². The lowest BCUT2D eigenvalue weighted by atomic mass is 9.83. The molecular formula is C13H14N2O. The topological polar surface area (TPSA) is 52.9 Å². The zero-order chi connectivity index (χ0) is 11.5. The number of carbonyl (C=O) groups excluding carboxylic acids is 1. The first kappa shape index (κ1) is 10.7. The van der Waals surface area contributed by atoms with Crippen LogP contribution in [0, 0.1) is 11.3 Å². The lowest BCUT2D eigenvalue weighted by molar-refractivity contribution is -0.114. The highest BCUT2D eigenvalue weighted by Gasteiger charge is 2.19. The van der Waals surface area contributed by atoms with Crippen LogP contribution in [0.15, 0.2) is 18.2 Å². The zero-order valence-electron chi connectivity index (χ0n) is 9.29. The number of fused-ring (bicyclic) bond motifs is 1. The highest BCUT2D eigenvalue weighted by atomic mass is 16.1. The highest BCUT2D eigenvalue weighted by Crippen LogP contribution is 2.32. The van der Waals surface area contributed by atoms with Crippen molar-refractivity contribution < 1.29 is 4.79 Å². The Morgan fingerprint density at radius 2 is 2.38 bits per heavy atom. The lowest BCUT2D eigenvalue weighted by Gasteiger charge is -2.21. The van der Waals surface area contributed by atoms with Gasteiger partial charge in [0, 0.05) is 12.6 Å². The number of carbonyl (C=O) groups is 1. The second-order valence-corrected chi connectivity index (χ2v) is 4.17. The van der Waals surface area contributed by atoms with Gasteiger partial charge in [0.1, 0.15) is 0 Å². The summed E-state index contributed by atoms with van der Waals surface area (Å²) in [6, 6.07) is 8.16. The van der Waals surface area contributed by atoms with Crippen LogP contribution in [0.2, 0.25) is 0 Å². The highest BCUT2D eigenvalue weighted by molar-refractivity contribution is 5.88. The van der Waals surface area contributed by atoms with E-state index in [0.29, 0.717) is 0 Å². The molecule has 0 unspecified atom stereocenters. The molecule has 1 aliphatic carbocycles. The summed E-state index contributed by atoms with van der Waals surface area (Å²) in [5.41, 5.74) is 3.15. The minimum atomic E-state index is -0.0624. The fourth-order valence-corrected chi connectivity index (χ4v) is 2.23.